The molecule has 0 bridgehead atoms. The fourth-order valence-electron chi connectivity index (χ4n) is 3.12. The van der Waals surface area contributed by atoms with Gasteiger partial charge in [-0.15, -0.1) is 11.3 Å². The van der Waals surface area contributed by atoms with Gasteiger partial charge in [0.1, 0.15) is 6.10 Å². The van der Waals surface area contributed by atoms with E-state index in [9.17, 15) is 9.90 Å². The molecule has 3 rings (SSSR count). The Morgan fingerprint density at radius 3 is 2.57 bits per heavy atom. The van der Waals surface area contributed by atoms with Gasteiger partial charge in [0.05, 0.1) is 6.04 Å². The Balaban J connectivity index is 1.94. The summed E-state index contributed by atoms with van der Waals surface area (Å²) in [5.74, 6) is 0.141. The maximum absolute atomic E-state index is 12.1. The molecule has 3 nitrogen and oxygen atoms in total. The second-order valence-corrected chi connectivity index (χ2v) is 6.93. The molecule has 2 aromatic rings. The minimum absolute atomic E-state index is 0.0427. The molecule has 1 aliphatic heterocycles. The van der Waals surface area contributed by atoms with Crippen LogP contribution >= 0.6 is 11.3 Å². The van der Waals surface area contributed by atoms with Gasteiger partial charge >= 0.3 is 0 Å². The smallest absolute Gasteiger partial charge is 0.223 e. The van der Waals surface area contributed by atoms with Crippen LogP contribution in [-0.2, 0) is 4.79 Å². The molecule has 0 saturated carbocycles. The van der Waals surface area contributed by atoms with Crippen LogP contribution in [0.1, 0.15) is 33.8 Å². The van der Waals surface area contributed by atoms with Crippen molar-refractivity contribution in [3.05, 3.63) is 57.8 Å². The molecular weight excluding hydrogens is 282 g/mol. The Morgan fingerprint density at radius 2 is 1.95 bits per heavy atom. The van der Waals surface area contributed by atoms with Crippen molar-refractivity contribution in [2.45, 2.75) is 31.4 Å². The summed E-state index contributed by atoms with van der Waals surface area (Å²) < 4.78 is 0. The Labute approximate surface area is 128 Å². The van der Waals surface area contributed by atoms with E-state index in [4.69, 9.17) is 0 Å². The second-order valence-electron chi connectivity index (χ2n) is 5.61. The van der Waals surface area contributed by atoms with E-state index in [-0.39, 0.29) is 17.9 Å². The lowest BCUT2D eigenvalue weighted by Crippen LogP contribution is -2.36. The van der Waals surface area contributed by atoms with Crippen molar-refractivity contribution in [1.82, 2.24) is 4.90 Å². The highest BCUT2D eigenvalue weighted by Gasteiger charge is 2.43. The molecule has 0 aliphatic carbocycles. The molecule has 0 unspecified atom stereocenters. The summed E-state index contributed by atoms with van der Waals surface area (Å²) in [7, 11) is 1.79. The van der Waals surface area contributed by atoms with Gasteiger partial charge in [0.25, 0.3) is 0 Å². The van der Waals surface area contributed by atoms with Crippen LogP contribution in [0.3, 0.4) is 0 Å². The first-order valence-corrected chi connectivity index (χ1v) is 7.94. The summed E-state index contributed by atoms with van der Waals surface area (Å²) in [4.78, 5) is 15.9. The summed E-state index contributed by atoms with van der Waals surface area (Å²) in [6.45, 7) is 2.03. The number of aliphatic hydroxyl groups excluding tert-OH is 1. The van der Waals surface area contributed by atoms with Crippen LogP contribution in [0.4, 0.5) is 0 Å². The molecule has 4 heteroatoms. The van der Waals surface area contributed by atoms with Crippen LogP contribution in [-0.4, -0.2) is 29.0 Å². The Hall–Kier alpha value is -1.65. The molecule has 1 aliphatic rings. The van der Waals surface area contributed by atoms with Gasteiger partial charge in [-0.2, -0.15) is 0 Å². The average molecular weight is 301 g/mol. The lowest BCUT2D eigenvalue weighted by molar-refractivity contribution is -0.128. The quantitative estimate of drug-likeness (QED) is 0.946. The highest BCUT2D eigenvalue weighted by molar-refractivity contribution is 7.12. The van der Waals surface area contributed by atoms with Crippen molar-refractivity contribution in [1.29, 1.82) is 0 Å². The van der Waals surface area contributed by atoms with Crippen molar-refractivity contribution >= 4 is 17.2 Å². The average Bonchev–Trinajstić information content (AvgIpc) is 3.04. The number of carbonyl (C=O) groups excluding carboxylic acids is 1. The Morgan fingerprint density at radius 1 is 1.24 bits per heavy atom. The van der Waals surface area contributed by atoms with E-state index in [1.165, 1.54) is 4.88 Å². The van der Waals surface area contributed by atoms with Gasteiger partial charge in [-0.25, -0.2) is 0 Å². The van der Waals surface area contributed by atoms with Crippen molar-refractivity contribution in [2.75, 3.05) is 7.05 Å². The molecule has 1 aromatic carbocycles. The van der Waals surface area contributed by atoms with Crippen molar-refractivity contribution in [2.24, 2.45) is 0 Å². The first kappa shape index (κ1) is 14.3. The van der Waals surface area contributed by atoms with Gasteiger partial charge in [-0.3, -0.25) is 4.79 Å². The Kier molecular flexibility index (Phi) is 3.83. The van der Waals surface area contributed by atoms with E-state index >= 15 is 0 Å². The first-order chi connectivity index (χ1) is 10.1. The minimum atomic E-state index is -0.634. The van der Waals surface area contributed by atoms with Crippen molar-refractivity contribution in [3.8, 4) is 0 Å². The third-order valence-corrected chi connectivity index (χ3v) is 5.32. The first-order valence-electron chi connectivity index (χ1n) is 7.13. The lowest BCUT2D eigenvalue weighted by Gasteiger charge is -2.29. The zero-order chi connectivity index (χ0) is 15.0. The predicted molar refractivity (Wildman–Crippen MR) is 84.4 cm³/mol. The highest BCUT2D eigenvalue weighted by atomic mass is 32.1. The maximum Gasteiger partial charge on any atom is 0.223 e. The number of likely N-dealkylation sites (tertiary alicyclic amines) is 1. The third-order valence-electron chi connectivity index (χ3n) is 4.25. The van der Waals surface area contributed by atoms with Gasteiger partial charge in [-0.1, -0.05) is 30.3 Å². The number of rotatable bonds is 3. The molecule has 1 saturated heterocycles. The van der Waals surface area contributed by atoms with Gasteiger partial charge in [0, 0.05) is 29.1 Å². The third kappa shape index (κ3) is 2.61. The van der Waals surface area contributed by atoms with E-state index in [2.05, 4.69) is 0 Å². The number of nitrogens with zero attached hydrogens (tertiary/aromatic N) is 1. The number of amides is 1. The number of hydrogen-bond acceptors (Lipinski definition) is 3. The highest BCUT2D eigenvalue weighted by Crippen LogP contribution is 2.41. The zero-order valence-corrected chi connectivity index (χ0v) is 13.0. The largest absolute Gasteiger partial charge is 0.385 e. The molecule has 1 aromatic heterocycles. The van der Waals surface area contributed by atoms with E-state index in [0.717, 1.165) is 10.4 Å². The number of likely N-dealkylation sites (N-methyl/N-ethyl adjacent to an activating group) is 1. The van der Waals surface area contributed by atoms with E-state index in [1.807, 2.05) is 49.4 Å². The number of carbonyl (C=O) groups is 1. The summed E-state index contributed by atoms with van der Waals surface area (Å²) in [5, 5.41) is 10.8. The number of aryl methyl sites for hydroxylation is 1. The van der Waals surface area contributed by atoms with E-state index in [1.54, 1.807) is 23.3 Å². The normalized spacial score (nSPS) is 23.6. The van der Waals surface area contributed by atoms with Gasteiger partial charge in [0.2, 0.25) is 5.91 Å². The van der Waals surface area contributed by atoms with Crippen LogP contribution < -0.4 is 0 Å². The summed E-state index contributed by atoms with van der Waals surface area (Å²) >= 11 is 1.60. The standard InChI is InChI=1S/C17H19NO2S/c1-11-8-9-14(21-11)17(20)16-13(10-15(19)18(16)2)12-6-4-3-5-7-12/h3-9,13,16-17,20H,10H2,1-2H3/t13-,16-,17-/m1/s1. The summed E-state index contributed by atoms with van der Waals surface area (Å²) in [5.41, 5.74) is 1.12. The number of benzene rings is 1. The molecule has 0 spiro atoms. The molecule has 2 heterocycles. The topological polar surface area (TPSA) is 40.5 Å². The van der Waals surface area contributed by atoms with Crippen LogP contribution in [0.5, 0.6) is 0 Å². The molecule has 1 fully saturated rings. The minimum Gasteiger partial charge on any atom is -0.385 e. The zero-order valence-electron chi connectivity index (χ0n) is 12.2. The molecule has 21 heavy (non-hydrogen) atoms. The fourth-order valence-corrected chi connectivity index (χ4v) is 4.02. The van der Waals surface area contributed by atoms with Gasteiger partial charge < -0.3 is 10.0 Å². The number of aliphatic hydroxyl groups is 1. The monoisotopic (exact) mass is 301 g/mol. The molecule has 1 N–H and O–H groups in total. The van der Waals surface area contributed by atoms with E-state index in [0.29, 0.717) is 6.42 Å². The molecule has 110 valence electrons. The van der Waals surface area contributed by atoms with Crippen LogP contribution in [0, 0.1) is 6.92 Å². The molecular formula is C17H19NO2S. The van der Waals surface area contributed by atoms with Crippen LogP contribution in [0.15, 0.2) is 42.5 Å². The van der Waals surface area contributed by atoms with Crippen molar-refractivity contribution < 1.29 is 9.90 Å². The fraction of sp³-hybridized carbons (Fsp3) is 0.353. The van der Waals surface area contributed by atoms with Crippen LogP contribution in [0.2, 0.25) is 0 Å². The van der Waals surface area contributed by atoms with Crippen LogP contribution in [0.25, 0.3) is 0 Å². The second kappa shape index (κ2) is 5.62. The lowest BCUT2D eigenvalue weighted by atomic mass is 9.88. The van der Waals surface area contributed by atoms with Gasteiger partial charge in [-0.05, 0) is 24.6 Å². The predicted octanol–water partition coefficient (Wildman–Crippen LogP) is 3.10. The SMILES string of the molecule is Cc1ccc([C@@H](O)[C@H]2[C@@H](c3ccccc3)CC(=O)N2C)s1. The summed E-state index contributed by atoms with van der Waals surface area (Å²) in [6, 6.07) is 13.8. The number of hydrogen-bond donors (Lipinski definition) is 1. The maximum atomic E-state index is 12.1. The number of thiophene rings is 1. The summed E-state index contributed by atoms with van der Waals surface area (Å²) in [6.07, 6.45) is -0.169. The molecule has 0 radical (unpaired) electrons. The van der Waals surface area contributed by atoms with Gasteiger partial charge in [0.15, 0.2) is 0 Å². The molecule has 1 amide bonds. The van der Waals surface area contributed by atoms with E-state index < -0.39 is 6.10 Å². The Bertz CT molecular complexity index is 637. The molecule has 3 atom stereocenters. The van der Waals surface area contributed by atoms with Crippen molar-refractivity contribution in [3.63, 3.8) is 0 Å².